The van der Waals surface area contributed by atoms with Gasteiger partial charge in [0, 0.05) is 0 Å². The topological polar surface area (TPSA) is 62.8 Å². The lowest BCUT2D eigenvalue weighted by atomic mass is 10.1. The number of nitrogens with one attached hydrogen (secondary N) is 1. The molecule has 0 spiro atoms. The second-order valence-corrected chi connectivity index (χ2v) is 7.48. The second-order valence-electron chi connectivity index (χ2n) is 5.18. The van der Waals surface area contributed by atoms with Crippen LogP contribution in [0.15, 0.2) is 18.2 Å². The summed E-state index contributed by atoms with van der Waals surface area (Å²) in [5, 5.41) is -0.446. The van der Waals surface area contributed by atoms with E-state index in [0.717, 1.165) is 30.3 Å². The maximum atomic E-state index is 12.1. The molecule has 0 radical (unpaired) electrons. The summed E-state index contributed by atoms with van der Waals surface area (Å²) in [6.07, 6.45) is 3.38. The summed E-state index contributed by atoms with van der Waals surface area (Å²) in [5.74, 6) is 0.900. The molecule has 19 heavy (non-hydrogen) atoms. The average Bonchev–Trinajstić information content (AvgIpc) is 2.80. The summed E-state index contributed by atoms with van der Waals surface area (Å²) in [7, 11) is -3.03. The maximum absolute atomic E-state index is 12.1. The van der Waals surface area contributed by atoms with Gasteiger partial charge in [0.15, 0.2) is 9.84 Å². The zero-order valence-electron chi connectivity index (χ0n) is 11.0. The van der Waals surface area contributed by atoms with Gasteiger partial charge < -0.3 is 4.98 Å². The first kappa shape index (κ1) is 12.7. The molecule has 1 atom stereocenters. The second kappa shape index (κ2) is 4.63. The number of aryl methyl sites for hydroxylation is 1. The number of nitrogens with zero attached hydrogens (tertiary/aromatic N) is 1. The fraction of sp³-hybridized carbons (Fsp3) is 0.500. The predicted molar refractivity (Wildman–Crippen MR) is 75.9 cm³/mol. The molecule has 102 valence electrons. The first-order valence-corrected chi connectivity index (χ1v) is 8.52. The Morgan fingerprint density at radius 1 is 1.37 bits per heavy atom. The molecule has 1 aromatic heterocycles. The highest BCUT2D eigenvalue weighted by atomic mass is 32.2. The van der Waals surface area contributed by atoms with Gasteiger partial charge in [-0.3, -0.25) is 0 Å². The molecule has 2 aromatic rings. The van der Waals surface area contributed by atoms with Crippen LogP contribution in [0.5, 0.6) is 0 Å². The Morgan fingerprint density at radius 3 is 2.95 bits per heavy atom. The minimum atomic E-state index is -3.03. The Kier molecular flexibility index (Phi) is 3.09. The summed E-state index contributed by atoms with van der Waals surface area (Å²) in [6, 6.07) is 6.06. The summed E-state index contributed by atoms with van der Waals surface area (Å²) in [5.41, 5.74) is 3.03. The van der Waals surface area contributed by atoms with Crippen LogP contribution in [0.3, 0.4) is 0 Å². The predicted octanol–water partition coefficient (Wildman–Crippen LogP) is 2.77. The molecule has 1 aliphatic rings. The number of aromatic nitrogens is 2. The number of hydrogen-bond acceptors (Lipinski definition) is 3. The van der Waals surface area contributed by atoms with Gasteiger partial charge in [-0.2, -0.15) is 0 Å². The van der Waals surface area contributed by atoms with Crippen LogP contribution in [0.25, 0.3) is 11.0 Å². The summed E-state index contributed by atoms with van der Waals surface area (Å²) < 4.78 is 24.2. The highest BCUT2D eigenvalue weighted by Gasteiger charge is 2.32. The Morgan fingerprint density at radius 2 is 2.21 bits per heavy atom. The molecular weight excluding hydrogens is 260 g/mol. The number of aromatic amines is 1. The SMILES string of the molecule is CCc1ccc2nc(C3CCCCS3(=O)=O)[nH]c2c1. The molecule has 1 saturated heterocycles. The molecule has 1 N–H and O–H groups in total. The fourth-order valence-electron chi connectivity index (χ4n) is 2.71. The number of imidazole rings is 1. The van der Waals surface area contributed by atoms with Crippen molar-refractivity contribution in [2.75, 3.05) is 5.75 Å². The van der Waals surface area contributed by atoms with Crippen molar-refractivity contribution in [1.29, 1.82) is 0 Å². The Bertz CT molecular complexity index is 703. The largest absolute Gasteiger partial charge is 0.341 e. The van der Waals surface area contributed by atoms with E-state index in [-0.39, 0.29) is 5.75 Å². The van der Waals surface area contributed by atoms with Crippen molar-refractivity contribution in [3.63, 3.8) is 0 Å². The van der Waals surface area contributed by atoms with Gasteiger partial charge in [0.05, 0.1) is 16.8 Å². The van der Waals surface area contributed by atoms with Gasteiger partial charge in [-0.1, -0.05) is 19.4 Å². The fourth-order valence-corrected chi connectivity index (χ4v) is 4.58. The smallest absolute Gasteiger partial charge is 0.160 e. The Hall–Kier alpha value is -1.36. The number of benzene rings is 1. The maximum Gasteiger partial charge on any atom is 0.160 e. The van der Waals surface area contributed by atoms with E-state index in [4.69, 9.17) is 0 Å². The van der Waals surface area contributed by atoms with Gasteiger partial charge >= 0.3 is 0 Å². The first-order valence-electron chi connectivity index (χ1n) is 6.80. The average molecular weight is 278 g/mol. The molecule has 5 heteroatoms. The zero-order valence-corrected chi connectivity index (χ0v) is 11.8. The standard InChI is InChI=1S/C14H18N2O2S/c1-2-10-6-7-11-12(9-10)16-14(15-11)13-5-3-4-8-19(13,17)18/h6-7,9,13H,2-5,8H2,1H3,(H,15,16). The van der Waals surface area contributed by atoms with Crippen molar-refractivity contribution >= 4 is 20.9 Å². The minimum absolute atomic E-state index is 0.287. The number of rotatable bonds is 2. The summed E-state index contributed by atoms with van der Waals surface area (Å²) >= 11 is 0. The molecule has 1 aliphatic heterocycles. The van der Waals surface area contributed by atoms with Crippen molar-refractivity contribution in [2.45, 2.75) is 37.9 Å². The third-order valence-electron chi connectivity index (χ3n) is 3.86. The van der Waals surface area contributed by atoms with Crippen LogP contribution in [0.1, 0.15) is 42.8 Å². The van der Waals surface area contributed by atoms with Crippen LogP contribution in [0, 0.1) is 0 Å². The molecule has 0 saturated carbocycles. The zero-order chi connectivity index (χ0) is 13.5. The number of hydrogen-bond donors (Lipinski definition) is 1. The van der Waals surface area contributed by atoms with Crippen LogP contribution in [0.2, 0.25) is 0 Å². The van der Waals surface area contributed by atoms with E-state index in [9.17, 15) is 8.42 Å². The van der Waals surface area contributed by atoms with Crippen LogP contribution >= 0.6 is 0 Å². The third-order valence-corrected chi connectivity index (χ3v) is 6.04. The van der Waals surface area contributed by atoms with E-state index < -0.39 is 15.1 Å². The summed E-state index contributed by atoms with van der Waals surface area (Å²) in [4.78, 5) is 7.68. The van der Waals surface area contributed by atoms with Gasteiger partial charge in [-0.25, -0.2) is 13.4 Å². The van der Waals surface area contributed by atoms with Gasteiger partial charge in [-0.15, -0.1) is 0 Å². The highest BCUT2D eigenvalue weighted by Crippen LogP contribution is 2.32. The van der Waals surface area contributed by atoms with Gasteiger partial charge in [-0.05, 0) is 37.0 Å². The summed E-state index contributed by atoms with van der Waals surface area (Å²) in [6.45, 7) is 2.10. The normalized spacial score (nSPS) is 22.7. The van der Waals surface area contributed by atoms with Crippen LogP contribution in [0.4, 0.5) is 0 Å². The monoisotopic (exact) mass is 278 g/mol. The molecule has 2 heterocycles. The molecule has 0 bridgehead atoms. The number of sulfone groups is 1. The number of H-pyrrole nitrogens is 1. The van der Waals surface area contributed by atoms with E-state index in [1.807, 2.05) is 12.1 Å². The molecule has 4 nitrogen and oxygen atoms in total. The first-order chi connectivity index (χ1) is 9.10. The van der Waals surface area contributed by atoms with E-state index >= 15 is 0 Å². The van der Waals surface area contributed by atoms with Crippen molar-refractivity contribution in [3.05, 3.63) is 29.6 Å². The van der Waals surface area contributed by atoms with Gasteiger partial charge in [0.1, 0.15) is 11.1 Å². The highest BCUT2D eigenvalue weighted by molar-refractivity contribution is 7.91. The lowest BCUT2D eigenvalue weighted by Gasteiger charge is -2.20. The van der Waals surface area contributed by atoms with Crippen LogP contribution < -0.4 is 0 Å². The molecule has 1 fully saturated rings. The van der Waals surface area contributed by atoms with E-state index in [1.165, 1.54) is 5.56 Å². The van der Waals surface area contributed by atoms with Gasteiger partial charge in [0.2, 0.25) is 0 Å². The lowest BCUT2D eigenvalue weighted by Crippen LogP contribution is -2.22. The molecule has 1 aromatic carbocycles. The lowest BCUT2D eigenvalue weighted by molar-refractivity contribution is 0.540. The Balaban J connectivity index is 2.05. The van der Waals surface area contributed by atoms with Gasteiger partial charge in [0.25, 0.3) is 0 Å². The quantitative estimate of drug-likeness (QED) is 0.918. The molecule has 3 rings (SSSR count). The Labute approximate surface area is 113 Å². The van der Waals surface area contributed by atoms with Crippen molar-refractivity contribution < 1.29 is 8.42 Å². The number of fused-ring (bicyclic) bond motifs is 1. The molecule has 1 unspecified atom stereocenters. The van der Waals surface area contributed by atoms with Crippen LogP contribution in [-0.4, -0.2) is 24.1 Å². The van der Waals surface area contributed by atoms with E-state index in [2.05, 4.69) is 23.0 Å². The van der Waals surface area contributed by atoms with Crippen molar-refractivity contribution in [1.82, 2.24) is 9.97 Å². The van der Waals surface area contributed by atoms with Crippen molar-refractivity contribution in [2.24, 2.45) is 0 Å². The molecule has 0 aliphatic carbocycles. The van der Waals surface area contributed by atoms with E-state index in [0.29, 0.717) is 12.2 Å². The van der Waals surface area contributed by atoms with Crippen molar-refractivity contribution in [3.8, 4) is 0 Å². The third kappa shape index (κ3) is 2.27. The molecule has 0 amide bonds. The van der Waals surface area contributed by atoms with E-state index in [1.54, 1.807) is 0 Å². The minimum Gasteiger partial charge on any atom is -0.341 e. The molecular formula is C14H18N2O2S. The van der Waals surface area contributed by atoms with Crippen LogP contribution in [-0.2, 0) is 16.3 Å².